The van der Waals surface area contributed by atoms with Crippen LogP contribution in [-0.2, 0) is 0 Å². The van der Waals surface area contributed by atoms with Gasteiger partial charge >= 0.3 is 0 Å². The fourth-order valence-corrected chi connectivity index (χ4v) is 1.99. The number of non-ortho nitro benzene ring substituents is 1. The molecule has 1 aliphatic heterocycles. The van der Waals surface area contributed by atoms with Crippen molar-refractivity contribution in [2.24, 2.45) is 5.92 Å². The van der Waals surface area contributed by atoms with Crippen molar-refractivity contribution in [3.63, 3.8) is 0 Å². The van der Waals surface area contributed by atoms with Gasteiger partial charge in [0.1, 0.15) is 0 Å². The molecular formula is C13H17ClN2O2. The molecule has 0 saturated carbocycles. The third-order valence-corrected chi connectivity index (χ3v) is 3.05. The van der Waals surface area contributed by atoms with E-state index < -0.39 is 0 Å². The van der Waals surface area contributed by atoms with E-state index in [1.807, 2.05) is 0 Å². The molecule has 0 aliphatic carbocycles. The van der Waals surface area contributed by atoms with Gasteiger partial charge in [0.05, 0.1) is 4.92 Å². The number of nitro groups is 1. The minimum absolute atomic E-state index is 0. The Morgan fingerprint density at radius 3 is 2.39 bits per heavy atom. The summed E-state index contributed by atoms with van der Waals surface area (Å²) in [6, 6.07) is 6.66. The molecule has 98 valence electrons. The molecule has 0 aromatic heterocycles. The lowest BCUT2D eigenvalue weighted by molar-refractivity contribution is -0.384. The van der Waals surface area contributed by atoms with Crippen molar-refractivity contribution in [1.29, 1.82) is 0 Å². The zero-order valence-corrected chi connectivity index (χ0v) is 10.9. The Morgan fingerprint density at radius 2 is 1.83 bits per heavy atom. The average molecular weight is 269 g/mol. The predicted octanol–water partition coefficient (Wildman–Crippen LogP) is 3.03. The van der Waals surface area contributed by atoms with Crippen molar-refractivity contribution in [3.05, 3.63) is 46.0 Å². The van der Waals surface area contributed by atoms with Gasteiger partial charge in [-0.05, 0) is 49.5 Å². The van der Waals surface area contributed by atoms with E-state index in [-0.39, 0.29) is 23.0 Å². The number of rotatable bonds is 3. The highest BCUT2D eigenvalue weighted by Gasteiger charge is 2.09. The van der Waals surface area contributed by atoms with Crippen LogP contribution in [0.15, 0.2) is 30.3 Å². The topological polar surface area (TPSA) is 55.2 Å². The largest absolute Gasteiger partial charge is 0.317 e. The van der Waals surface area contributed by atoms with Crippen LogP contribution in [0.5, 0.6) is 0 Å². The number of nitrogens with one attached hydrogen (secondary N) is 1. The summed E-state index contributed by atoms with van der Waals surface area (Å²) in [5.41, 5.74) is 1.16. The summed E-state index contributed by atoms with van der Waals surface area (Å²) in [4.78, 5) is 10.1. The molecule has 18 heavy (non-hydrogen) atoms. The molecular weight excluding hydrogens is 252 g/mol. The molecule has 0 atom stereocenters. The van der Waals surface area contributed by atoms with E-state index in [1.165, 1.54) is 12.8 Å². The van der Waals surface area contributed by atoms with Gasteiger partial charge in [-0.3, -0.25) is 10.1 Å². The standard InChI is InChI=1S/C13H16N2O2.ClH/c16-15(17)13-5-3-11(4-6-13)1-2-12-7-9-14-10-8-12;/h1-6,12,14H,7-10H2;1H. The molecule has 1 aromatic rings. The quantitative estimate of drug-likeness (QED) is 0.677. The monoisotopic (exact) mass is 268 g/mol. The van der Waals surface area contributed by atoms with E-state index in [0.29, 0.717) is 5.92 Å². The van der Waals surface area contributed by atoms with Gasteiger partial charge in [-0.2, -0.15) is 0 Å². The van der Waals surface area contributed by atoms with E-state index in [2.05, 4.69) is 17.5 Å². The van der Waals surface area contributed by atoms with Crippen molar-refractivity contribution in [2.45, 2.75) is 12.8 Å². The number of halogens is 1. The van der Waals surface area contributed by atoms with Crippen LogP contribution in [0, 0.1) is 16.0 Å². The van der Waals surface area contributed by atoms with Crippen LogP contribution in [0.3, 0.4) is 0 Å². The van der Waals surface area contributed by atoms with Crippen LogP contribution >= 0.6 is 12.4 Å². The highest BCUT2D eigenvalue weighted by atomic mass is 35.5. The molecule has 1 aliphatic rings. The van der Waals surface area contributed by atoms with Gasteiger partial charge in [-0.1, -0.05) is 12.2 Å². The van der Waals surface area contributed by atoms with Crippen molar-refractivity contribution < 1.29 is 4.92 Å². The second-order valence-corrected chi connectivity index (χ2v) is 4.30. The van der Waals surface area contributed by atoms with Gasteiger partial charge in [-0.25, -0.2) is 0 Å². The van der Waals surface area contributed by atoms with E-state index in [9.17, 15) is 10.1 Å². The minimum Gasteiger partial charge on any atom is -0.317 e. The maximum absolute atomic E-state index is 10.5. The first kappa shape index (κ1) is 14.7. The molecule has 0 bridgehead atoms. The molecule has 4 nitrogen and oxygen atoms in total. The Hall–Kier alpha value is -1.39. The van der Waals surface area contributed by atoms with Gasteiger partial charge < -0.3 is 5.32 Å². The van der Waals surface area contributed by atoms with Crippen molar-refractivity contribution in [3.8, 4) is 0 Å². The smallest absolute Gasteiger partial charge is 0.269 e. The SMILES string of the molecule is Cl.O=[N+]([O-])c1ccc(C=CC2CCNCC2)cc1. The van der Waals surface area contributed by atoms with E-state index in [0.717, 1.165) is 18.7 Å². The summed E-state index contributed by atoms with van der Waals surface area (Å²) < 4.78 is 0. The Bertz CT molecular complexity index is 412. The van der Waals surface area contributed by atoms with Gasteiger partial charge in [0.2, 0.25) is 0 Å². The number of nitrogens with zero attached hydrogens (tertiary/aromatic N) is 1. The Balaban J connectivity index is 0.00000162. The first-order valence-corrected chi connectivity index (χ1v) is 5.89. The van der Waals surface area contributed by atoms with Crippen LogP contribution in [0.2, 0.25) is 0 Å². The predicted molar refractivity (Wildman–Crippen MR) is 75.0 cm³/mol. The molecule has 1 fully saturated rings. The maximum Gasteiger partial charge on any atom is 0.269 e. The highest BCUT2D eigenvalue weighted by molar-refractivity contribution is 5.85. The summed E-state index contributed by atoms with van der Waals surface area (Å²) >= 11 is 0. The fourth-order valence-electron chi connectivity index (χ4n) is 1.99. The number of allylic oxidation sites excluding steroid dienone is 1. The number of hydrogen-bond acceptors (Lipinski definition) is 3. The van der Waals surface area contributed by atoms with Crippen LogP contribution in [0.4, 0.5) is 5.69 Å². The molecule has 1 heterocycles. The molecule has 0 unspecified atom stereocenters. The third-order valence-electron chi connectivity index (χ3n) is 3.05. The Kier molecular flexibility index (Phi) is 5.82. The first-order valence-electron chi connectivity index (χ1n) is 5.89. The van der Waals surface area contributed by atoms with Gasteiger partial charge in [-0.15, -0.1) is 12.4 Å². The molecule has 1 saturated heterocycles. The Labute approximate surface area is 113 Å². The molecule has 1 aromatic carbocycles. The van der Waals surface area contributed by atoms with Gasteiger partial charge in [0.25, 0.3) is 5.69 Å². The average Bonchev–Trinajstić information content (AvgIpc) is 2.38. The van der Waals surface area contributed by atoms with Crippen LogP contribution in [0.1, 0.15) is 18.4 Å². The molecule has 0 radical (unpaired) electrons. The summed E-state index contributed by atoms with van der Waals surface area (Å²) in [5, 5.41) is 13.8. The zero-order chi connectivity index (χ0) is 12.1. The minimum atomic E-state index is -0.375. The lowest BCUT2D eigenvalue weighted by Gasteiger charge is -2.19. The highest BCUT2D eigenvalue weighted by Crippen LogP contribution is 2.17. The molecule has 0 amide bonds. The van der Waals surface area contributed by atoms with Crippen LogP contribution in [0.25, 0.3) is 6.08 Å². The van der Waals surface area contributed by atoms with Crippen LogP contribution in [-0.4, -0.2) is 18.0 Å². The molecule has 2 rings (SSSR count). The first-order chi connectivity index (χ1) is 8.25. The number of nitro benzene ring substituents is 1. The Morgan fingerprint density at radius 1 is 1.22 bits per heavy atom. The van der Waals surface area contributed by atoms with Crippen molar-refractivity contribution in [1.82, 2.24) is 5.32 Å². The normalized spacial score (nSPS) is 16.4. The number of hydrogen-bond donors (Lipinski definition) is 1. The van der Waals surface area contributed by atoms with Crippen molar-refractivity contribution in [2.75, 3.05) is 13.1 Å². The number of benzene rings is 1. The summed E-state index contributed by atoms with van der Waals surface area (Å²) in [6.45, 7) is 2.16. The molecule has 1 N–H and O–H groups in total. The van der Waals surface area contributed by atoms with Gasteiger partial charge in [0.15, 0.2) is 0 Å². The molecule has 0 spiro atoms. The van der Waals surface area contributed by atoms with Crippen molar-refractivity contribution >= 4 is 24.2 Å². The zero-order valence-electron chi connectivity index (χ0n) is 10.0. The van der Waals surface area contributed by atoms with E-state index >= 15 is 0 Å². The third kappa shape index (κ3) is 4.13. The summed E-state index contributed by atoms with van der Waals surface area (Å²) in [6.07, 6.45) is 6.61. The van der Waals surface area contributed by atoms with E-state index in [4.69, 9.17) is 0 Å². The fraction of sp³-hybridized carbons (Fsp3) is 0.385. The van der Waals surface area contributed by atoms with Gasteiger partial charge in [0, 0.05) is 12.1 Å². The van der Waals surface area contributed by atoms with E-state index in [1.54, 1.807) is 24.3 Å². The molecule has 5 heteroatoms. The maximum atomic E-state index is 10.5. The number of piperidine rings is 1. The lowest BCUT2D eigenvalue weighted by Crippen LogP contribution is -2.26. The summed E-state index contributed by atoms with van der Waals surface area (Å²) in [5.74, 6) is 0.631. The summed E-state index contributed by atoms with van der Waals surface area (Å²) in [7, 11) is 0. The van der Waals surface area contributed by atoms with Crippen LogP contribution < -0.4 is 5.32 Å². The second-order valence-electron chi connectivity index (χ2n) is 4.30. The lowest BCUT2D eigenvalue weighted by atomic mass is 9.97. The second kappa shape index (κ2) is 7.13.